The third-order valence-electron chi connectivity index (χ3n) is 3.77. The van der Waals surface area contributed by atoms with E-state index in [1.165, 1.54) is 0 Å². The Hall–Kier alpha value is -2.44. The molecule has 0 fully saturated rings. The first-order valence-electron chi connectivity index (χ1n) is 7.76. The summed E-state index contributed by atoms with van der Waals surface area (Å²) < 4.78 is 2.11. The second-order valence-corrected chi connectivity index (χ2v) is 6.53. The summed E-state index contributed by atoms with van der Waals surface area (Å²) >= 11 is 11.1. The topological polar surface area (TPSA) is 62.7 Å². The van der Waals surface area contributed by atoms with Gasteiger partial charge in [0.1, 0.15) is 6.54 Å². The molecule has 128 valence electrons. The van der Waals surface area contributed by atoms with Gasteiger partial charge in [0.2, 0.25) is 5.91 Å². The first-order valence-corrected chi connectivity index (χ1v) is 8.55. The summed E-state index contributed by atoms with van der Waals surface area (Å²) in [6.07, 6.45) is 0. The summed E-state index contributed by atoms with van der Waals surface area (Å²) in [5, 5.41) is 10.6. The number of hydrogen-bond donors (Lipinski definition) is 2. The lowest BCUT2D eigenvalue weighted by atomic mass is 10.1. The Morgan fingerprint density at radius 2 is 1.88 bits per heavy atom. The normalized spacial score (nSPS) is 10.6. The number of benzene rings is 2. The van der Waals surface area contributed by atoms with Crippen LogP contribution in [0.25, 0.3) is 11.4 Å². The number of amides is 1. The van der Waals surface area contributed by atoms with Gasteiger partial charge in [-0.05, 0) is 36.8 Å². The van der Waals surface area contributed by atoms with E-state index in [4.69, 9.17) is 23.8 Å². The van der Waals surface area contributed by atoms with Crippen LogP contribution in [0, 0.1) is 11.7 Å². The Balaban J connectivity index is 1.71. The van der Waals surface area contributed by atoms with E-state index in [-0.39, 0.29) is 12.5 Å². The number of H-pyrrole nitrogens is 1. The molecule has 0 unspecified atom stereocenters. The zero-order valence-corrected chi connectivity index (χ0v) is 15.2. The minimum absolute atomic E-state index is 0.103. The molecule has 0 saturated carbocycles. The van der Waals surface area contributed by atoms with E-state index < -0.39 is 0 Å². The minimum Gasteiger partial charge on any atom is -0.350 e. The number of nitrogens with one attached hydrogen (secondary N) is 2. The molecule has 7 heteroatoms. The van der Waals surface area contributed by atoms with Crippen molar-refractivity contribution in [3.8, 4) is 11.4 Å². The van der Waals surface area contributed by atoms with Crippen LogP contribution in [0.4, 0.5) is 0 Å². The highest BCUT2D eigenvalue weighted by Gasteiger charge is 2.12. The zero-order chi connectivity index (χ0) is 17.8. The fraction of sp³-hybridized carbons (Fsp3) is 0.167. The number of halogens is 1. The molecule has 5 nitrogen and oxygen atoms in total. The van der Waals surface area contributed by atoms with Crippen molar-refractivity contribution in [1.29, 1.82) is 0 Å². The molecule has 0 spiro atoms. The lowest BCUT2D eigenvalue weighted by molar-refractivity contribution is -0.121. The largest absolute Gasteiger partial charge is 0.350 e. The second kappa shape index (κ2) is 7.63. The molecular weight excluding hydrogens is 356 g/mol. The van der Waals surface area contributed by atoms with Gasteiger partial charge in [-0.25, -0.2) is 0 Å². The molecule has 1 heterocycles. The van der Waals surface area contributed by atoms with Crippen molar-refractivity contribution in [2.75, 3.05) is 0 Å². The molecule has 3 rings (SSSR count). The van der Waals surface area contributed by atoms with Gasteiger partial charge in [0, 0.05) is 17.1 Å². The minimum atomic E-state index is -0.138. The Morgan fingerprint density at radius 3 is 2.56 bits per heavy atom. The quantitative estimate of drug-likeness (QED) is 0.668. The predicted octanol–water partition coefficient (Wildman–Crippen LogP) is 3.89. The van der Waals surface area contributed by atoms with E-state index in [9.17, 15) is 4.79 Å². The molecule has 1 aromatic heterocycles. The summed E-state index contributed by atoms with van der Waals surface area (Å²) in [5.74, 6) is 0.507. The van der Waals surface area contributed by atoms with E-state index in [1.807, 2.05) is 43.3 Å². The number of aromatic nitrogens is 3. The van der Waals surface area contributed by atoms with Gasteiger partial charge < -0.3 is 5.32 Å². The zero-order valence-electron chi connectivity index (χ0n) is 13.6. The van der Waals surface area contributed by atoms with E-state index >= 15 is 0 Å². The molecular formula is C18H17ClN4OS. The third kappa shape index (κ3) is 4.35. The summed E-state index contributed by atoms with van der Waals surface area (Å²) in [6, 6.07) is 15.3. The highest BCUT2D eigenvalue weighted by molar-refractivity contribution is 7.71. The fourth-order valence-corrected chi connectivity index (χ4v) is 2.71. The average molecular weight is 373 g/mol. The van der Waals surface area contributed by atoms with Crippen LogP contribution in [-0.2, 0) is 17.9 Å². The smallest absolute Gasteiger partial charge is 0.240 e. The van der Waals surface area contributed by atoms with Gasteiger partial charge in [0.15, 0.2) is 10.6 Å². The maximum absolute atomic E-state index is 12.3. The van der Waals surface area contributed by atoms with Crippen LogP contribution in [0.3, 0.4) is 0 Å². The standard InChI is InChI=1S/C18H17ClN4OS/c1-12-2-6-14(7-3-12)17-21-22-18(25)23(17)11-16(24)20-10-13-4-8-15(19)9-5-13/h2-9H,10-11H2,1H3,(H,20,24)(H,22,25). The third-order valence-corrected chi connectivity index (χ3v) is 4.34. The number of aromatic amines is 1. The summed E-state index contributed by atoms with van der Waals surface area (Å²) in [5.41, 5.74) is 3.04. The highest BCUT2D eigenvalue weighted by Crippen LogP contribution is 2.17. The Kier molecular flexibility index (Phi) is 5.31. The molecule has 0 saturated heterocycles. The predicted molar refractivity (Wildman–Crippen MR) is 101 cm³/mol. The summed E-state index contributed by atoms with van der Waals surface area (Å²) in [6.45, 7) is 2.55. The average Bonchev–Trinajstić information content (AvgIpc) is 2.96. The number of aryl methyl sites for hydroxylation is 1. The van der Waals surface area contributed by atoms with Crippen molar-refractivity contribution in [2.24, 2.45) is 0 Å². The van der Waals surface area contributed by atoms with Gasteiger partial charge in [-0.1, -0.05) is 53.6 Å². The lowest BCUT2D eigenvalue weighted by Crippen LogP contribution is -2.27. The van der Waals surface area contributed by atoms with Crippen molar-refractivity contribution >= 4 is 29.7 Å². The van der Waals surface area contributed by atoms with Gasteiger partial charge in [0.25, 0.3) is 0 Å². The summed E-state index contributed by atoms with van der Waals surface area (Å²) in [4.78, 5) is 12.3. The van der Waals surface area contributed by atoms with Crippen molar-refractivity contribution in [1.82, 2.24) is 20.1 Å². The van der Waals surface area contributed by atoms with Gasteiger partial charge in [-0.2, -0.15) is 5.10 Å². The summed E-state index contributed by atoms with van der Waals surface area (Å²) in [7, 11) is 0. The van der Waals surface area contributed by atoms with E-state index in [0.717, 1.165) is 16.7 Å². The highest BCUT2D eigenvalue weighted by atomic mass is 35.5. The number of carbonyl (C=O) groups is 1. The molecule has 1 amide bonds. The maximum Gasteiger partial charge on any atom is 0.240 e. The van der Waals surface area contributed by atoms with Crippen LogP contribution < -0.4 is 5.32 Å². The van der Waals surface area contributed by atoms with E-state index in [2.05, 4.69) is 15.5 Å². The molecule has 3 aromatic rings. The monoisotopic (exact) mass is 372 g/mol. The number of hydrogen-bond acceptors (Lipinski definition) is 3. The molecule has 0 aliphatic carbocycles. The first-order chi connectivity index (χ1) is 12.0. The van der Waals surface area contributed by atoms with Crippen LogP contribution in [0.15, 0.2) is 48.5 Å². The number of rotatable bonds is 5. The molecule has 2 N–H and O–H groups in total. The first kappa shape index (κ1) is 17.4. The molecule has 25 heavy (non-hydrogen) atoms. The lowest BCUT2D eigenvalue weighted by Gasteiger charge is -2.09. The molecule has 0 bridgehead atoms. The SMILES string of the molecule is Cc1ccc(-c2n[nH]c(=S)n2CC(=O)NCc2ccc(Cl)cc2)cc1. The Labute approximate surface area is 155 Å². The van der Waals surface area contributed by atoms with Crippen LogP contribution in [0.2, 0.25) is 5.02 Å². The van der Waals surface area contributed by atoms with Crippen LogP contribution in [0.1, 0.15) is 11.1 Å². The molecule has 0 aliphatic rings. The van der Waals surface area contributed by atoms with Crippen molar-refractivity contribution in [3.63, 3.8) is 0 Å². The fourth-order valence-electron chi connectivity index (χ4n) is 2.39. The maximum atomic E-state index is 12.3. The van der Waals surface area contributed by atoms with Gasteiger partial charge in [-0.15, -0.1) is 0 Å². The van der Waals surface area contributed by atoms with Gasteiger partial charge in [0.05, 0.1) is 0 Å². The Bertz CT molecular complexity index is 929. The van der Waals surface area contributed by atoms with E-state index in [1.54, 1.807) is 16.7 Å². The number of nitrogens with zero attached hydrogens (tertiary/aromatic N) is 2. The molecule has 2 aromatic carbocycles. The van der Waals surface area contributed by atoms with Gasteiger partial charge in [-0.3, -0.25) is 14.5 Å². The van der Waals surface area contributed by atoms with E-state index in [0.29, 0.717) is 22.2 Å². The van der Waals surface area contributed by atoms with Gasteiger partial charge >= 0.3 is 0 Å². The molecule has 0 aliphatic heterocycles. The van der Waals surface area contributed by atoms with Crippen LogP contribution >= 0.6 is 23.8 Å². The molecule has 0 atom stereocenters. The van der Waals surface area contributed by atoms with Crippen LogP contribution in [0.5, 0.6) is 0 Å². The van der Waals surface area contributed by atoms with Crippen molar-refractivity contribution in [2.45, 2.75) is 20.0 Å². The number of carbonyl (C=O) groups excluding carboxylic acids is 1. The molecule has 0 radical (unpaired) electrons. The second-order valence-electron chi connectivity index (χ2n) is 5.71. The van der Waals surface area contributed by atoms with Crippen molar-refractivity contribution in [3.05, 3.63) is 69.5 Å². The Morgan fingerprint density at radius 1 is 1.20 bits per heavy atom. The van der Waals surface area contributed by atoms with Crippen LogP contribution in [-0.4, -0.2) is 20.7 Å². The van der Waals surface area contributed by atoms with Crippen molar-refractivity contribution < 1.29 is 4.79 Å².